The fourth-order valence-electron chi connectivity index (χ4n) is 4.17. The summed E-state index contributed by atoms with van der Waals surface area (Å²) in [7, 11) is 0. The summed E-state index contributed by atoms with van der Waals surface area (Å²) in [4.78, 5) is 7.75. The molecule has 27 heavy (non-hydrogen) atoms. The van der Waals surface area contributed by atoms with Gasteiger partial charge >= 0.3 is 0 Å². The lowest BCUT2D eigenvalue weighted by Gasteiger charge is -2.39. The van der Waals surface area contributed by atoms with Crippen LogP contribution in [-0.2, 0) is 0 Å². The first-order valence-corrected chi connectivity index (χ1v) is 10.7. The van der Waals surface area contributed by atoms with Crippen molar-refractivity contribution in [3.8, 4) is 0 Å². The Bertz CT molecular complexity index is 857. The highest BCUT2D eigenvalue weighted by Crippen LogP contribution is 2.49. The van der Waals surface area contributed by atoms with Gasteiger partial charge in [-0.2, -0.15) is 0 Å². The molecule has 2 atom stereocenters. The van der Waals surface area contributed by atoms with Crippen molar-refractivity contribution in [2.75, 3.05) is 24.6 Å². The lowest BCUT2D eigenvalue weighted by Crippen LogP contribution is -2.44. The number of thiocarbonyl (C=S) groups is 1. The molecule has 1 fully saturated rings. The third-order valence-electron chi connectivity index (χ3n) is 5.50. The molecule has 0 aliphatic carbocycles. The topological polar surface area (TPSA) is 52.7 Å². The number of rotatable bonds is 5. The predicted molar refractivity (Wildman–Crippen MR) is 116 cm³/mol. The first-order chi connectivity index (χ1) is 13.1. The van der Waals surface area contributed by atoms with Crippen molar-refractivity contribution < 1.29 is 5.11 Å². The normalized spacial score (nSPS) is 20.2. The van der Waals surface area contributed by atoms with E-state index in [0.29, 0.717) is 4.99 Å². The summed E-state index contributed by atoms with van der Waals surface area (Å²) in [6, 6.07) is 15.3. The maximum absolute atomic E-state index is 9.69. The zero-order chi connectivity index (χ0) is 19.0. The Kier molecular flexibility index (Phi) is 5.41. The first-order valence-electron chi connectivity index (χ1n) is 9.43. The molecule has 0 amide bonds. The molecule has 2 aromatic carbocycles. The summed E-state index contributed by atoms with van der Waals surface area (Å²) >= 11 is 7.01. The molecule has 1 unspecified atom stereocenters. The van der Waals surface area contributed by atoms with Crippen LogP contribution >= 0.6 is 24.0 Å². The van der Waals surface area contributed by atoms with Gasteiger partial charge in [0.25, 0.3) is 0 Å². The van der Waals surface area contributed by atoms with Gasteiger partial charge in [0, 0.05) is 34.0 Å². The number of hydrogen-bond donors (Lipinski definition) is 2. The molecule has 2 aliphatic rings. The predicted octanol–water partition coefficient (Wildman–Crippen LogP) is 3.77. The van der Waals surface area contributed by atoms with E-state index in [1.807, 2.05) is 6.07 Å². The van der Waals surface area contributed by atoms with Gasteiger partial charge in [-0.15, -0.1) is 0 Å². The minimum atomic E-state index is 0.237. The van der Waals surface area contributed by atoms with Crippen molar-refractivity contribution in [1.82, 2.24) is 4.90 Å². The van der Waals surface area contributed by atoms with Crippen molar-refractivity contribution in [2.45, 2.75) is 41.6 Å². The average Bonchev–Trinajstić information content (AvgIpc) is 3.12. The molecule has 0 bridgehead atoms. The molecule has 0 spiro atoms. The minimum Gasteiger partial charge on any atom is -0.395 e. The number of para-hydroxylation sites is 1. The second kappa shape index (κ2) is 7.80. The molecule has 4 nitrogen and oxygen atoms in total. The van der Waals surface area contributed by atoms with E-state index in [0.717, 1.165) is 37.2 Å². The number of aliphatic hydroxyl groups is 1. The monoisotopic (exact) mass is 399 g/mol. The van der Waals surface area contributed by atoms with Gasteiger partial charge < -0.3 is 15.7 Å². The van der Waals surface area contributed by atoms with Crippen molar-refractivity contribution >= 4 is 40.3 Å². The van der Waals surface area contributed by atoms with Crippen molar-refractivity contribution in [3.63, 3.8) is 0 Å². The molecule has 2 aliphatic heterocycles. The van der Waals surface area contributed by atoms with Gasteiger partial charge in [-0.05, 0) is 50.6 Å². The van der Waals surface area contributed by atoms with E-state index in [4.69, 9.17) is 18.0 Å². The molecule has 0 saturated carbocycles. The lowest BCUT2D eigenvalue weighted by atomic mass is 10.1. The number of likely N-dealkylation sites (tertiary alicyclic amines) is 1. The molecule has 6 heteroatoms. The van der Waals surface area contributed by atoms with Gasteiger partial charge in [0.2, 0.25) is 0 Å². The number of benzene rings is 2. The maximum Gasteiger partial charge on any atom is 0.104 e. The Morgan fingerprint density at radius 3 is 2.81 bits per heavy atom. The Morgan fingerprint density at radius 2 is 2.04 bits per heavy atom. The Hall–Kier alpha value is -1.60. The van der Waals surface area contributed by atoms with Crippen LogP contribution in [0.4, 0.5) is 11.4 Å². The molecule has 4 rings (SSSR count). The van der Waals surface area contributed by atoms with E-state index in [1.54, 1.807) is 11.8 Å². The molecule has 0 radical (unpaired) electrons. The highest BCUT2D eigenvalue weighted by Gasteiger charge is 2.31. The third-order valence-corrected chi connectivity index (χ3v) is 6.86. The summed E-state index contributed by atoms with van der Waals surface area (Å²) in [5, 5.41) is 9.69. The van der Waals surface area contributed by atoms with Gasteiger partial charge in [-0.1, -0.05) is 42.2 Å². The minimum absolute atomic E-state index is 0.237. The van der Waals surface area contributed by atoms with Crippen LogP contribution in [-0.4, -0.2) is 46.8 Å². The fraction of sp³-hybridized carbons (Fsp3) is 0.381. The SMILES string of the molecule is CC(CN1CCC[C@H]1CO)N1c2ccccc2Sc2ccc(C(N)=S)cc21. The van der Waals surface area contributed by atoms with E-state index in [1.165, 1.54) is 15.5 Å². The van der Waals surface area contributed by atoms with Gasteiger partial charge in [0.15, 0.2) is 0 Å². The maximum atomic E-state index is 9.69. The molecule has 1 saturated heterocycles. The van der Waals surface area contributed by atoms with Crippen LogP contribution in [0.3, 0.4) is 0 Å². The molecule has 0 aromatic heterocycles. The first kappa shape index (κ1) is 18.7. The average molecular weight is 400 g/mol. The Morgan fingerprint density at radius 1 is 1.26 bits per heavy atom. The lowest BCUT2D eigenvalue weighted by molar-refractivity contribution is 0.154. The molecule has 2 heterocycles. The number of hydrogen-bond acceptors (Lipinski definition) is 5. The summed E-state index contributed by atoms with van der Waals surface area (Å²) < 4.78 is 0. The number of fused-ring (bicyclic) bond motifs is 2. The van der Waals surface area contributed by atoms with E-state index in [9.17, 15) is 5.11 Å². The number of nitrogens with two attached hydrogens (primary N) is 1. The number of anilines is 2. The van der Waals surface area contributed by atoms with Crippen LogP contribution in [0.15, 0.2) is 52.3 Å². The standard InChI is InChI=1S/C21H25N3OS2/c1-14(12-23-10-4-5-16(23)13-25)24-17-6-2-3-7-19(17)27-20-9-8-15(21(22)26)11-18(20)24/h2-3,6-9,11,14,16,25H,4-5,10,12-13H2,1H3,(H2,22,26)/t14?,16-/m0/s1. The van der Waals surface area contributed by atoms with Crippen molar-refractivity contribution in [3.05, 3.63) is 48.0 Å². The third kappa shape index (κ3) is 3.59. The van der Waals surface area contributed by atoms with Gasteiger partial charge in [-0.3, -0.25) is 4.90 Å². The Labute approximate surface area is 170 Å². The van der Waals surface area contributed by atoms with Crippen LogP contribution in [0, 0.1) is 0 Å². The number of nitrogens with zero attached hydrogens (tertiary/aromatic N) is 2. The van der Waals surface area contributed by atoms with Crippen LogP contribution in [0.5, 0.6) is 0 Å². The zero-order valence-electron chi connectivity index (χ0n) is 15.5. The second-order valence-electron chi connectivity index (χ2n) is 7.31. The van der Waals surface area contributed by atoms with Gasteiger partial charge in [-0.25, -0.2) is 0 Å². The van der Waals surface area contributed by atoms with Gasteiger partial charge in [0.05, 0.1) is 18.0 Å². The smallest absolute Gasteiger partial charge is 0.104 e. The molecular weight excluding hydrogens is 374 g/mol. The van der Waals surface area contributed by atoms with Gasteiger partial charge in [0.1, 0.15) is 4.99 Å². The molecule has 2 aromatic rings. The van der Waals surface area contributed by atoms with Crippen LogP contribution in [0.25, 0.3) is 0 Å². The highest BCUT2D eigenvalue weighted by atomic mass is 32.2. The largest absolute Gasteiger partial charge is 0.395 e. The van der Waals surface area contributed by atoms with E-state index < -0.39 is 0 Å². The summed E-state index contributed by atoms with van der Waals surface area (Å²) in [5.41, 5.74) is 9.19. The second-order valence-corrected chi connectivity index (χ2v) is 8.83. The Balaban J connectivity index is 1.72. The van der Waals surface area contributed by atoms with Crippen LogP contribution < -0.4 is 10.6 Å². The molecule has 142 valence electrons. The quantitative estimate of drug-likeness (QED) is 0.747. The van der Waals surface area contributed by atoms with Crippen molar-refractivity contribution in [1.29, 1.82) is 0 Å². The molecular formula is C21H25N3OS2. The van der Waals surface area contributed by atoms with E-state index in [-0.39, 0.29) is 18.7 Å². The zero-order valence-corrected chi connectivity index (χ0v) is 17.1. The van der Waals surface area contributed by atoms with Crippen LogP contribution in [0.2, 0.25) is 0 Å². The fourth-order valence-corrected chi connectivity index (χ4v) is 5.35. The van der Waals surface area contributed by atoms with E-state index in [2.05, 4.69) is 53.1 Å². The summed E-state index contributed by atoms with van der Waals surface area (Å²) in [5.74, 6) is 0. The van der Waals surface area contributed by atoms with E-state index >= 15 is 0 Å². The molecule has 3 N–H and O–H groups in total. The van der Waals surface area contributed by atoms with Crippen molar-refractivity contribution in [2.24, 2.45) is 5.73 Å². The highest BCUT2D eigenvalue weighted by molar-refractivity contribution is 7.99. The number of aliphatic hydroxyl groups excluding tert-OH is 1. The summed E-state index contributed by atoms with van der Waals surface area (Å²) in [6.07, 6.45) is 2.24. The summed E-state index contributed by atoms with van der Waals surface area (Å²) in [6.45, 7) is 4.47. The van der Waals surface area contributed by atoms with Crippen LogP contribution in [0.1, 0.15) is 25.3 Å².